The molecule has 1 aromatic carbocycles. The molecule has 0 amide bonds. The van der Waals surface area contributed by atoms with Gasteiger partial charge in [0, 0.05) is 25.3 Å². The van der Waals surface area contributed by atoms with Crippen molar-refractivity contribution in [3.05, 3.63) is 29.3 Å². The van der Waals surface area contributed by atoms with Gasteiger partial charge in [0.05, 0.1) is 17.0 Å². The molecule has 1 aliphatic heterocycles. The van der Waals surface area contributed by atoms with Crippen molar-refractivity contribution < 1.29 is 27.1 Å². The monoisotopic (exact) mass is 345 g/mol. The van der Waals surface area contributed by atoms with Gasteiger partial charge in [0.15, 0.2) is 0 Å². The first kappa shape index (κ1) is 16.2. The van der Waals surface area contributed by atoms with Gasteiger partial charge in [-0.05, 0) is 29.7 Å². The first-order valence-corrected chi connectivity index (χ1v) is 8.95. The molecule has 126 valence electrons. The van der Waals surface area contributed by atoms with Crippen LogP contribution >= 0.6 is 0 Å². The summed E-state index contributed by atoms with van der Waals surface area (Å²) in [7, 11) is -3.70. The van der Waals surface area contributed by atoms with E-state index < -0.39 is 27.8 Å². The normalized spacial score (nSPS) is 23.4. The minimum atomic E-state index is -3.70. The average Bonchev–Trinajstić information content (AvgIpc) is 2.74. The van der Waals surface area contributed by atoms with Crippen LogP contribution in [0.2, 0.25) is 0 Å². The molecule has 1 saturated carbocycles. The molecule has 2 aliphatic rings. The second-order valence-electron chi connectivity index (χ2n) is 6.42. The van der Waals surface area contributed by atoms with E-state index in [0.29, 0.717) is 11.3 Å². The maximum Gasteiger partial charge on any atom is 0.335 e. The van der Waals surface area contributed by atoms with Crippen molar-refractivity contribution in [3.63, 3.8) is 0 Å². The predicted octanol–water partition coefficient (Wildman–Crippen LogP) is 2.68. The highest BCUT2D eigenvalue weighted by molar-refractivity contribution is 7.92. The molecule has 8 heteroatoms. The number of alkyl halides is 2. The van der Waals surface area contributed by atoms with Gasteiger partial charge in [-0.15, -0.1) is 0 Å². The largest absolute Gasteiger partial charge is 0.478 e. The Labute approximate surface area is 133 Å². The number of benzene rings is 1. The molecule has 23 heavy (non-hydrogen) atoms. The highest BCUT2D eigenvalue weighted by Crippen LogP contribution is 2.45. The van der Waals surface area contributed by atoms with E-state index in [1.807, 2.05) is 6.92 Å². The number of rotatable bonds is 4. The van der Waals surface area contributed by atoms with Crippen LogP contribution in [-0.2, 0) is 10.0 Å². The summed E-state index contributed by atoms with van der Waals surface area (Å²) in [4.78, 5) is 11.0. The van der Waals surface area contributed by atoms with E-state index in [4.69, 9.17) is 5.11 Å². The number of carboxylic acids is 1. The smallest absolute Gasteiger partial charge is 0.335 e. The molecule has 1 N–H and O–H groups in total. The van der Waals surface area contributed by atoms with Gasteiger partial charge in [-0.2, -0.15) is 0 Å². The van der Waals surface area contributed by atoms with Crippen LogP contribution in [0.25, 0.3) is 0 Å². The minimum absolute atomic E-state index is 0.105. The summed E-state index contributed by atoms with van der Waals surface area (Å²) in [5.74, 6) is -4.77. The van der Waals surface area contributed by atoms with Crippen molar-refractivity contribution in [3.8, 4) is 0 Å². The van der Waals surface area contributed by atoms with Crippen molar-refractivity contribution in [1.82, 2.24) is 0 Å². The zero-order valence-corrected chi connectivity index (χ0v) is 13.3. The molecular weight excluding hydrogens is 328 g/mol. The van der Waals surface area contributed by atoms with Crippen molar-refractivity contribution in [2.45, 2.75) is 31.6 Å². The van der Waals surface area contributed by atoms with Crippen LogP contribution < -0.4 is 4.31 Å². The molecule has 1 unspecified atom stereocenters. The molecule has 1 aromatic rings. The van der Waals surface area contributed by atoms with Crippen LogP contribution in [0.3, 0.4) is 0 Å². The summed E-state index contributed by atoms with van der Waals surface area (Å²) >= 11 is 0. The highest BCUT2D eigenvalue weighted by Gasteiger charge is 2.48. The first-order valence-electron chi connectivity index (χ1n) is 7.34. The van der Waals surface area contributed by atoms with Gasteiger partial charge in [0.25, 0.3) is 0 Å². The number of halogens is 2. The number of carboxylic acid groups (broad SMARTS) is 1. The Kier molecular flexibility index (Phi) is 3.62. The molecule has 0 aromatic heterocycles. The van der Waals surface area contributed by atoms with Gasteiger partial charge < -0.3 is 5.11 Å². The Bertz CT molecular complexity index is 755. The lowest BCUT2D eigenvalue weighted by Gasteiger charge is -2.35. The summed E-state index contributed by atoms with van der Waals surface area (Å²) in [6.45, 7) is 2.03. The van der Waals surface area contributed by atoms with Crippen LogP contribution in [-0.4, -0.2) is 37.7 Å². The standard InChI is InChI=1S/C15H17F2NO4S/c1-9-7-18(13-3-2-11(14(19)20)4-12(9)13)23(21,22)8-10-5-15(16,17)6-10/h2-4,9-10H,5-8H2,1H3,(H,19,20). The van der Waals surface area contributed by atoms with E-state index in [2.05, 4.69) is 0 Å². The van der Waals surface area contributed by atoms with Gasteiger partial charge in [0.1, 0.15) is 0 Å². The summed E-state index contributed by atoms with van der Waals surface area (Å²) in [6.07, 6.45) is -0.777. The summed E-state index contributed by atoms with van der Waals surface area (Å²) < 4.78 is 52.1. The molecule has 1 fully saturated rings. The van der Waals surface area contributed by atoms with Gasteiger partial charge in [-0.3, -0.25) is 4.31 Å². The maximum atomic E-state index is 12.9. The van der Waals surface area contributed by atoms with Crippen molar-refractivity contribution in [1.29, 1.82) is 0 Å². The lowest BCUT2D eigenvalue weighted by Crippen LogP contribution is -2.43. The Balaban J connectivity index is 1.84. The number of anilines is 1. The Morgan fingerprint density at radius 3 is 2.61 bits per heavy atom. The second kappa shape index (κ2) is 5.15. The van der Waals surface area contributed by atoms with Crippen LogP contribution in [0.4, 0.5) is 14.5 Å². The zero-order chi connectivity index (χ0) is 17.0. The number of carbonyl (C=O) groups is 1. The molecule has 0 saturated heterocycles. The lowest BCUT2D eigenvalue weighted by molar-refractivity contribution is -0.103. The summed E-state index contributed by atoms with van der Waals surface area (Å²) in [5, 5.41) is 9.03. The molecule has 0 bridgehead atoms. The molecule has 5 nitrogen and oxygen atoms in total. The number of hydrogen-bond donors (Lipinski definition) is 1. The fourth-order valence-electron chi connectivity index (χ4n) is 3.31. The van der Waals surface area contributed by atoms with E-state index in [1.54, 1.807) is 0 Å². The predicted molar refractivity (Wildman–Crippen MR) is 80.6 cm³/mol. The fraction of sp³-hybridized carbons (Fsp3) is 0.533. The molecule has 3 rings (SSSR count). The van der Waals surface area contributed by atoms with Crippen LogP contribution in [0, 0.1) is 5.92 Å². The molecule has 1 atom stereocenters. The number of sulfonamides is 1. The van der Waals surface area contributed by atoms with Crippen molar-refractivity contribution >= 4 is 21.7 Å². The highest BCUT2D eigenvalue weighted by atomic mass is 32.2. The minimum Gasteiger partial charge on any atom is -0.478 e. The van der Waals surface area contributed by atoms with E-state index in [1.165, 1.54) is 22.5 Å². The van der Waals surface area contributed by atoms with E-state index in [-0.39, 0.29) is 36.6 Å². The van der Waals surface area contributed by atoms with Gasteiger partial charge in [-0.1, -0.05) is 6.92 Å². The van der Waals surface area contributed by atoms with Crippen molar-refractivity contribution in [2.24, 2.45) is 5.92 Å². The average molecular weight is 345 g/mol. The third kappa shape index (κ3) is 2.91. The lowest BCUT2D eigenvalue weighted by atomic mass is 9.83. The number of fused-ring (bicyclic) bond motifs is 1. The van der Waals surface area contributed by atoms with Gasteiger partial charge in [0.2, 0.25) is 15.9 Å². The molecule has 0 spiro atoms. The van der Waals surface area contributed by atoms with Crippen LogP contribution in [0.5, 0.6) is 0 Å². The number of nitrogens with zero attached hydrogens (tertiary/aromatic N) is 1. The van der Waals surface area contributed by atoms with E-state index in [9.17, 15) is 22.0 Å². The summed E-state index contributed by atoms with van der Waals surface area (Å²) in [5.41, 5.74) is 1.22. The SMILES string of the molecule is CC1CN(S(=O)(=O)CC2CC(F)(F)C2)c2ccc(C(=O)O)cc21. The molecule has 0 radical (unpaired) electrons. The van der Waals surface area contributed by atoms with E-state index in [0.717, 1.165) is 0 Å². The van der Waals surface area contributed by atoms with Gasteiger partial charge >= 0.3 is 5.97 Å². The molecular formula is C15H17F2NO4S. The van der Waals surface area contributed by atoms with Crippen LogP contribution in [0.15, 0.2) is 18.2 Å². The fourth-order valence-corrected chi connectivity index (χ4v) is 5.24. The summed E-state index contributed by atoms with van der Waals surface area (Å²) in [6, 6.07) is 4.32. The second-order valence-corrected chi connectivity index (χ2v) is 8.36. The van der Waals surface area contributed by atoms with Gasteiger partial charge in [-0.25, -0.2) is 22.0 Å². The molecule has 1 aliphatic carbocycles. The number of hydrogen-bond acceptors (Lipinski definition) is 3. The third-order valence-corrected chi connectivity index (χ3v) is 6.38. The Morgan fingerprint density at radius 1 is 1.39 bits per heavy atom. The maximum absolute atomic E-state index is 12.9. The van der Waals surface area contributed by atoms with E-state index >= 15 is 0 Å². The quantitative estimate of drug-likeness (QED) is 0.910. The Hall–Kier alpha value is -1.70. The topological polar surface area (TPSA) is 74.7 Å². The third-order valence-electron chi connectivity index (χ3n) is 4.47. The van der Waals surface area contributed by atoms with Crippen LogP contribution in [0.1, 0.15) is 41.6 Å². The van der Waals surface area contributed by atoms with Crippen molar-refractivity contribution in [2.75, 3.05) is 16.6 Å². The number of aromatic carboxylic acids is 1. The first-order chi connectivity index (χ1) is 10.6. The molecule has 1 heterocycles. The Morgan fingerprint density at radius 2 is 2.04 bits per heavy atom. The zero-order valence-electron chi connectivity index (χ0n) is 12.5.